The van der Waals surface area contributed by atoms with E-state index >= 15 is 0 Å². The Labute approximate surface area is 120 Å². The minimum atomic E-state index is -0.341. The fraction of sp³-hybridized carbons (Fsp3) is 0.500. The highest BCUT2D eigenvalue weighted by molar-refractivity contribution is 6.52. The molecule has 1 aromatic heterocycles. The summed E-state index contributed by atoms with van der Waals surface area (Å²) in [5.41, 5.74) is 3.88. The molecule has 0 spiro atoms. The Morgan fingerprint density at radius 2 is 1.90 bits per heavy atom. The lowest BCUT2D eigenvalue weighted by Gasteiger charge is -2.32. The van der Waals surface area contributed by atoms with Gasteiger partial charge < -0.3 is 9.31 Å². The Morgan fingerprint density at radius 1 is 1.25 bits per heavy atom. The lowest BCUT2D eigenvalue weighted by molar-refractivity contribution is 0.00578. The number of nitrogens with zero attached hydrogens (tertiary/aromatic N) is 1. The number of hydrogen-bond donors (Lipinski definition) is 2. The van der Waals surface area contributed by atoms with Crippen LogP contribution in [0.3, 0.4) is 0 Å². The van der Waals surface area contributed by atoms with Crippen molar-refractivity contribution in [2.24, 2.45) is 5.84 Å². The number of aromatic nitrogens is 1. The molecule has 2 rings (SSSR count). The quantitative estimate of drug-likeness (QED) is 0.497. The molecular weight excluding hydrogens is 253 g/mol. The minimum Gasteiger partial charge on any atom is -0.400 e. The first-order valence-electron chi connectivity index (χ1n) is 6.76. The van der Waals surface area contributed by atoms with Gasteiger partial charge in [0.05, 0.1) is 16.9 Å². The van der Waals surface area contributed by atoms with E-state index in [4.69, 9.17) is 15.2 Å². The van der Waals surface area contributed by atoms with Crippen LogP contribution in [0.15, 0.2) is 24.3 Å². The van der Waals surface area contributed by atoms with Gasteiger partial charge in [-0.3, -0.25) is 16.3 Å². The van der Waals surface area contributed by atoms with E-state index in [0.717, 1.165) is 11.3 Å². The SMILES string of the molecule is CC1(C)OB(/C=C/c2ccc(CNN)cn2)OC1(C)C. The molecule has 0 saturated carbocycles. The van der Waals surface area contributed by atoms with Gasteiger partial charge in [-0.25, -0.2) is 0 Å². The molecule has 6 heteroatoms. The maximum Gasteiger partial charge on any atom is 0.487 e. The van der Waals surface area contributed by atoms with Gasteiger partial charge in [0, 0.05) is 12.7 Å². The van der Waals surface area contributed by atoms with Crippen LogP contribution in [0.2, 0.25) is 0 Å². The van der Waals surface area contributed by atoms with Crippen LogP contribution in [-0.2, 0) is 15.9 Å². The van der Waals surface area contributed by atoms with Crippen molar-refractivity contribution in [2.45, 2.75) is 45.4 Å². The zero-order chi connectivity index (χ0) is 14.8. The first kappa shape index (κ1) is 15.2. The molecule has 1 aromatic rings. The lowest BCUT2D eigenvalue weighted by Crippen LogP contribution is -2.41. The Bertz CT molecular complexity index is 470. The molecule has 1 saturated heterocycles. The average Bonchev–Trinajstić information content (AvgIpc) is 2.57. The minimum absolute atomic E-state index is 0.313. The van der Waals surface area contributed by atoms with E-state index in [1.165, 1.54) is 0 Å². The monoisotopic (exact) mass is 275 g/mol. The highest BCUT2D eigenvalue weighted by Crippen LogP contribution is 2.36. The Morgan fingerprint density at radius 3 is 2.40 bits per heavy atom. The summed E-state index contributed by atoms with van der Waals surface area (Å²) < 4.78 is 11.8. The third-order valence-corrected chi connectivity index (χ3v) is 3.85. The summed E-state index contributed by atoms with van der Waals surface area (Å²) in [5.74, 6) is 7.15. The molecule has 5 nitrogen and oxygen atoms in total. The van der Waals surface area contributed by atoms with Gasteiger partial charge in [0.25, 0.3) is 0 Å². The van der Waals surface area contributed by atoms with E-state index in [1.54, 1.807) is 6.20 Å². The van der Waals surface area contributed by atoms with Crippen molar-refractivity contribution in [1.29, 1.82) is 0 Å². The molecule has 108 valence electrons. The third-order valence-electron chi connectivity index (χ3n) is 3.85. The fourth-order valence-electron chi connectivity index (χ4n) is 1.90. The molecule has 0 unspecified atom stereocenters. The number of nitrogens with one attached hydrogen (secondary N) is 1. The van der Waals surface area contributed by atoms with Crippen molar-refractivity contribution < 1.29 is 9.31 Å². The van der Waals surface area contributed by atoms with E-state index in [2.05, 4.69) is 10.4 Å². The molecule has 20 heavy (non-hydrogen) atoms. The van der Waals surface area contributed by atoms with Gasteiger partial charge in [-0.15, -0.1) is 0 Å². The van der Waals surface area contributed by atoms with E-state index in [9.17, 15) is 0 Å². The summed E-state index contributed by atoms with van der Waals surface area (Å²) in [6.07, 6.45) is 3.70. The van der Waals surface area contributed by atoms with Gasteiger partial charge in [-0.05, 0) is 45.4 Å². The first-order valence-corrected chi connectivity index (χ1v) is 6.76. The van der Waals surface area contributed by atoms with Gasteiger partial charge in [-0.2, -0.15) is 0 Å². The van der Waals surface area contributed by atoms with Crippen LogP contribution in [0.4, 0.5) is 0 Å². The topological polar surface area (TPSA) is 69.4 Å². The summed E-state index contributed by atoms with van der Waals surface area (Å²) >= 11 is 0. The highest BCUT2D eigenvalue weighted by atomic mass is 16.7. The van der Waals surface area contributed by atoms with Crippen LogP contribution >= 0.6 is 0 Å². The second-order valence-corrected chi connectivity index (χ2v) is 5.96. The standard InChI is InChI=1S/C14H22BN3O2/c1-13(2)14(3,4)20-15(19-13)8-7-12-6-5-11(9-17-12)10-18-16/h5-9,18H,10,16H2,1-4H3/b8-7+. The molecule has 3 N–H and O–H groups in total. The van der Waals surface area contributed by atoms with Crippen LogP contribution in [0.5, 0.6) is 0 Å². The third kappa shape index (κ3) is 3.27. The van der Waals surface area contributed by atoms with Gasteiger partial charge in [-0.1, -0.05) is 12.0 Å². The molecule has 0 aromatic carbocycles. The van der Waals surface area contributed by atoms with E-state index in [1.807, 2.05) is 51.9 Å². The van der Waals surface area contributed by atoms with Crippen molar-refractivity contribution in [3.63, 3.8) is 0 Å². The summed E-state index contributed by atoms with van der Waals surface area (Å²) in [4.78, 5) is 4.34. The maximum absolute atomic E-state index is 5.88. The van der Waals surface area contributed by atoms with Crippen LogP contribution in [0, 0.1) is 0 Å². The average molecular weight is 275 g/mol. The van der Waals surface area contributed by atoms with Crippen LogP contribution in [0.25, 0.3) is 6.08 Å². The second kappa shape index (κ2) is 5.65. The molecule has 1 aliphatic rings. The maximum atomic E-state index is 5.88. The fourth-order valence-corrected chi connectivity index (χ4v) is 1.90. The van der Waals surface area contributed by atoms with E-state index in [-0.39, 0.29) is 18.3 Å². The van der Waals surface area contributed by atoms with Crippen molar-refractivity contribution in [1.82, 2.24) is 10.4 Å². The molecule has 0 bridgehead atoms. The number of rotatable bonds is 4. The van der Waals surface area contributed by atoms with E-state index < -0.39 is 0 Å². The van der Waals surface area contributed by atoms with Crippen molar-refractivity contribution in [3.8, 4) is 0 Å². The predicted molar refractivity (Wildman–Crippen MR) is 80.4 cm³/mol. The van der Waals surface area contributed by atoms with Gasteiger partial charge in [0.15, 0.2) is 0 Å². The molecule has 0 amide bonds. The van der Waals surface area contributed by atoms with Crippen LogP contribution in [-0.4, -0.2) is 23.3 Å². The van der Waals surface area contributed by atoms with Gasteiger partial charge >= 0.3 is 7.12 Å². The van der Waals surface area contributed by atoms with Crippen molar-refractivity contribution in [3.05, 3.63) is 35.6 Å². The molecule has 0 aliphatic carbocycles. The predicted octanol–water partition coefficient (Wildman–Crippen LogP) is 1.69. The zero-order valence-electron chi connectivity index (χ0n) is 12.5. The Kier molecular flexibility index (Phi) is 4.29. The summed E-state index contributed by atoms with van der Waals surface area (Å²) in [6.45, 7) is 8.75. The van der Waals surface area contributed by atoms with Crippen LogP contribution < -0.4 is 11.3 Å². The lowest BCUT2D eigenvalue weighted by atomic mass is 9.89. The van der Waals surface area contributed by atoms with Crippen molar-refractivity contribution in [2.75, 3.05) is 0 Å². The number of pyridine rings is 1. The largest absolute Gasteiger partial charge is 0.487 e. The zero-order valence-corrected chi connectivity index (χ0v) is 12.5. The normalized spacial score (nSPS) is 20.8. The molecule has 1 fully saturated rings. The first-order chi connectivity index (χ1) is 9.34. The Hall–Kier alpha value is -1.21. The van der Waals surface area contributed by atoms with Crippen molar-refractivity contribution >= 4 is 13.2 Å². The number of hydrazine groups is 1. The Balaban J connectivity index is 2.00. The molecule has 1 aliphatic heterocycles. The summed E-state index contributed by atoms with van der Waals surface area (Å²) in [5, 5.41) is 0. The van der Waals surface area contributed by atoms with Crippen LogP contribution in [0.1, 0.15) is 39.0 Å². The molecular formula is C14H22BN3O2. The number of nitrogens with two attached hydrogens (primary N) is 1. The van der Waals surface area contributed by atoms with Gasteiger partial charge in [0.1, 0.15) is 0 Å². The summed E-state index contributed by atoms with van der Waals surface area (Å²) in [6, 6.07) is 3.92. The molecule has 0 atom stereocenters. The highest BCUT2D eigenvalue weighted by Gasteiger charge is 2.49. The smallest absolute Gasteiger partial charge is 0.400 e. The van der Waals surface area contributed by atoms with E-state index in [0.29, 0.717) is 6.54 Å². The number of hydrogen-bond acceptors (Lipinski definition) is 5. The summed E-state index contributed by atoms with van der Waals surface area (Å²) in [7, 11) is -0.341. The molecule has 0 radical (unpaired) electrons. The second-order valence-electron chi connectivity index (χ2n) is 5.96. The van der Waals surface area contributed by atoms with Gasteiger partial charge in [0.2, 0.25) is 0 Å². The molecule has 2 heterocycles.